The second kappa shape index (κ2) is 8.03. The van der Waals surface area contributed by atoms with Crippen LogP contribution in [0, 0.1) is 0 Å². The van der Waals surface area contributed by atoms with Crippen molar-refractivity contribution in [2.45, 2.75) is 0 Å². The van der Waals surface area contributed by atoms with Gasteiger partial charge in [0.1, 0.15) is 0 Å². The fourth-order valence-electron chi connectivity index (χ4n) is 0.715. The van der Waals surface area contributed by atoms with Crippen molar-refractivity contribution in [2.24, 2.45) is 0 Å². The predicted molar refractivity (Wildman–Crippen MR) is 55.5 cm³/mol. The van der Waals surface area contributed by atoms with Crippen LogP contribution >= 0.6 is 0 Å². The standard InChI is InChI=1S/C9H9NO.BH2O2/c1-2-9(11)10-8-6-4-3-5-7-8;2-1-3/h2-7H,1H2,(H,10,11);2-3H. The molecule has 0 fully saturated rings. The molecule has 1 amide bonds. The van der Waals surface area contributed by atoms with Crippen LogP contribution in [0.2, 0.25) is 0 Å². The Bertz CT molecular complexity index is 277. The van der Waals surface area contributed by atoms with Crippen molar-refractivity contribution in [1.82, 2.24) is 0 Å². The monoisotopic (exact) mass is 192 g/mol. The van der Waals surface area contributed by atoms with Gasteiger partial charge in [-0.25, -0.2) is 0 Å². The highest BCUT2D eigenvalue weighted by atomic mass is 16.4. The van der Waals surface area contributed by atoms with Gasteiger partial charge in [0.2, 0.25) is 5.91 Å². The van der Waals surface area contributed by atoms with Crippen LogP contribution in [0.3, 0.4) is 0 Å². The Morgan fingerprint density at radius 1 is 1.36 bits per heavy atom. The van der Waals surface area contributed by atoms with Crippen LogP contribution in [0.5, 0.6) is 0 Å². The average molecular weight is 192 g/mol. The summed E-state index contributed by atoms with van der Waals surface area (Å²) < 4.78 is 0. The lowest BCUT2D eigenvalue weighted by atomic mass is 10.3. The van der Waals surface area contributed by atoms with Crippen molar-refractivity contribution in [3.63, 3.8) is 0 Å². The molecule has 0 unspecified atom stereocenters. The highest BCUT2D eigenvalue weighted by molar-refractivity contribution is 6.13. The van der Waals surface area contributed by atoms with Gasteiger partial charge >= 0.3 is 7.69 Å². The number of amides is 1. The first-order valence-corrected chi connectivity index (χ1v) is 3.83. The van der Waals surface area contributed by atoms with E-state index in [1.807, 2.05) is 30.3 Å². The Morgan fingerprint density at radius 3 is 2.29 bits per heavy atom. The summed E-state index contributed by atoms with van der Waals surface area (Å²) in [6.45, 7) is 3.34. The second-order valence-corrected chi connectivity index (χ2v) is 2.17. The minimum atomic E-state index is -0.184. The molecule has 1 rings (SSSR count). The van der Waals surface area contributed by atoms with E-state index in [1.54, 1.807) is 0 Å². The van der Waals surface area contributed by atoms with Gasteiger partial charge < -0.3 is 15.4 Å². The molecule has 5 heteroatoms. The van der Waals surface area contributed by atoms with Gasteiger partial charge in [-0.2, -0.15) is 0 Å². The van der Waals surface area contributed by atoms with Gasteiger partial charge in [0.05, 0.1) is 0 Å². The maximum absolute atomic E-state index is 10.8. The molecule has 0 saturated carbocycles. The highest BCUT2D eigenvalue weighted by Gasteiger charge is 1.92. The summed E-state index contributed by atoms with van der Waals surface area (Å²) >= 11 is 0. The van der Waals surface area contributed by atoms with Gasteiger partial charge in [0.25, 0.3) is 0 Å². The van der Waals surface area contributed by atoms with E-state index in [0.717, 1.165) is 5.69 Å². The number of para-hydroxylation sites is 1. The van der Waals surface area contributed by atoms with Crippen LogP contribution in [0.25, 0.3) is 0 Å². The molecule has 73 valence electrons. The van der Waals surface area contributed by atoms with Gasteiger partial charge in [-0.05, 0) is 18.2 Å². The van der Waals surface area contributed by atoms with Crippen molar-refractivity contribution in [2.75, 3.05) is 5.32 Å². The largest absolute Gasteiger partial charge is 0.482 e. The molecular weight excluding hydrogens is 181 g/mol. The van der Waals surface area contributed by atoms with Crippen molar-refractivity contribution in [1.29, 1.82) is 0 Å². The van der Waals surface area contributed by atoms with Gasteiger partial charge in [0.15, 0.2) is 0 Å². The van der Waals surface area contributed by atoms with Crippen LogP contribution in [-0.2, 0) is 4.79 Å². The van der Waals surface area contributed by atoms with Crippen LogP contribution in [0.4, 0.5) is 5.69 Å². The molecule has 4 nitrogen and oxygen atoms in total. The molecule has 0 aliphatic heterocycles. The van der Waals surface area contributed by atoms with E-state index in [-0.39, 0.29) is 13.6 Å². The third kappa shape index (κ3) is 5.99. The molecule has 14 heavy (non-hydrogen) atoms. The first-order valence-electron chi connectivity index (χ1n) is 3.83. The van der Waals surface area contributed by atoms with Crippen LogP contribution in [0.15, 0.2) is 43.0 Å². The van der Waals surface area contributed by atoms with E-state index in [9.17, 15) is 4.79 Å². The minimum Gasteiger partial charge on any atom is -0.429 e. The van der Waals surface area contributed by atoms with E-state index < -0.39 is 0 Å². The zero-order valence-electron chi connectivity index (χ0n) is 7.55. The maximum Gasteiger partial charge on any atom is 0.482 e. The molecule has 0 spiro atoms. The minimum absolute atomic E-state index is 0. The predicted octanol–water partition coefficient (Wildman–Crippen LogP) is 0.316. The van der Waals surface area contributed by atoms with E-state index in [2.05, 4.69) is 11.9 Å². The molecule has 0 aliphatic rings. The number of hydrogen-bond acceptors (Lipinski definition) is 3. The Labute approximate surface area is 83.2 Å². The molecule has 0 heterocycles. The molecule has 1 aromatic rings. The molecule has 1 radical (unpaired) electrons. The number of benzene rings is 1. The number of hydrogen-bond donors (Lipinski definition) is 3. The maximum atomic E-state index is 10.8. The van der Waals surface area contributed by atoms with E-state index in [4.69, 9.17) is 10.0 Å². The summed E-state index contributed by atoms with van der Waals surface area (Å²) in [6, 6.07) is 9.25. The SMILES string of the molecule is C=CC(=O)Nc1ccccc1.O[B]O. The molecule has 3 N–H and O–H groups in total. The molecule has 0 atom stereocenters. The molecule has 1 aromatic carbocycles. The summed E-state index contributed by atoms with van der Waals surface area (Å²) in [4.78, 5) is 10.8. The third-order valence-electron chi connectivity index (χ3n) is 1.23. The summed E-state index contributed by atoms with van der Waals surface area (Å²) in [5, 5.41) is 16.6. The van der Waals surface area contributed by atoms with E-state index >= 15 is 0 Å². The summed E-state index contributed by atoms with van der Waals surface area (Å²) in [7, 11) is 0. The topological polar surface area (TPSA) is 69.6 Å². The van der Waals surface area contributed by atoms with Crippen LogP contribution in [0.1, 0.15) is 0 Å². The van der Waals surface area contributed by atoms with Gasteiger partial charge in [0, 0.05) is 5.69 Å². The number of anilines is 1. The molecular formula is C9H11BNO3. The van der Waals surface area contributed by atoms with Crippen molar-refractivity contribution >= 4 is 19.3 Å². The number of carbonyl (C=O) groups excluding carboxylic acids is 1. The first-order chi connectivity index (χ1) is 6.74. The van der Waals surface area contributed by atoms with Crippen LogP contribution in [-0.4, -0.2) is 23.6 Å². The number of carbonyl (C=O) groups is 1. The second-order valence-electron chi connectivity index (χ2n) is 2.17. The van der Waals surface area contributed by atoms with E-state index in [1.165, 1.54) is 6.08 Å². The summed E-state index contributed by atoms with van der Waals surface area (Å²) in [6.07, 6.45) is 1.24. The quantitative estimate of drug-likeness (QED) is 0.466. The first kappa shape index (κ1) is 12.4. The average Bonchev–Trinajstić information content (AvgIpc) is 2.20. The van der Waals surface area contributed by atoms with Crippen molar-refractivity contribution < 1.29 is 14.8 Å². The number of rotatable bonds is 2. The summed E-state index contributed by atoms with van der Waals surface area (Å²) in [5.41, 5.74) is 0.789. The van der Waals surface area contributed by atoms with Crippen LogP contribution < -0.4 is 5.32 Å². The zero-order chi connectivity index (χ0) is 10.8. The van der Waals surface area contributed by atoms with Gasteiger partial charge in [-0.15, -0.1) is 0 Å². The fourth-order valence-corrected chi connectivity index (χ4v) is 0.715. The molecule has 0 bridgehead atoms. The molecule has 0 aromatic heterocycles. The normalized spacial score (nSPS) is 7.86. The van der Waals surface area contributed by atoms with Gasteiger partial charge in [-0.3, -0.25) is 4.79 Å². The Balaban J connectivity index is 0.000000500. The fraction of sp³-hybridized carbons (Fsp3) is 0. The van der Waals surface area contributed by atoms with E-state index in [0.29, 0.717) is 0 Å². The molecule has 0 saturated heterocycles. The Kier molecular flexibility index (Phi) is 7.12. The zero-order valence-corrected chi connectivity index (χ0v) is 7.55. The Hall–Kier alpha value is -1.59. The molecule has 0 aliphatic carbocycles. The van der Waals surface area contributed by atoms with Crippen molar-refractivity contribution in [3.8, 4) is 0 Å². The summed E-state index contributed by atoms with van der Waals surface area (Å²) in [5.74, 6) is -0.184. The van der Waals surface area contributed by atoms with Crippen molar-refractivity contribution in [3.05, 3.63) is 43.0 Å². The lowest BCUT2D eigenvalue weighted by Crippen LogP contribution is -2.06. The number of nitrogens with one attached hydrogen (secondary N) is 1. The Morgan fingerprint density at radius 2 is 1.86 bits per heavy atom. The third-order valence-corrected chi connectivity index (χ3v) is 1.23. The highest BCUT2D eigenvalue weighted by Crippen LogP contribution is 2.03. The lowest BCUT2D eigenvalue weighted by Gasteiger charge is -1.98. The van der Waals surface area contributed by atoms with Gasteiger partial charge in [-0.1, -0.05) is 24.8 Å². The lowest BCUT2D eigenvalue weighted by molar-refractivity contribution is -0.111. The smallest absolute Gasteiger partial charge is 0.429 e.